The number of nitrogens with one attached hydrogen (secondary N) is 2. The summed E-state index contributed by atoms with van der Waals surface area (Å²) in [6.07, 6.45) is -0.586. The Kier molecular flexibility index (Phi) is 6.34. The van der Waals surface area contributed by atoms with Crippen LogP contribution in [-0.4, -0.2) is 30.2 Å². The third-order valence-electron chi connectivity index (χ3n) is 3.97. The fraction of sp³-hybridized carbons (Fsp3) is 0.211. The predicted octanol–water partition coefficient (Wildman–Crippen LogP) is 2.74. The van der Waals surface area contributed by atoms with E-state index in [4.69, 9.17) is 13.9 Å². The number of halogens is 1. The third-order valence-corrected chi connectivity index (χ3v) is 4.82. The Labute approximate surface area is 173 Å². The lowest BCUT2D eigenvalue weighted by molar-refractivity contribution is -0.143. The number of rotatable bonds is 6. The van der Waals surface area contributed by atoms with Crippen molar-refractivity contribution in [2.75, 3.05) is 7.11 Å². The Balaban J connectivity index is 1.70. The minimum Gasteiger partial charge on any atom is -0.467 e. The van der Waals surface area contributed by atoms with Gasteiger partial charge in [-0.3, -0.25) is 4.98 Å². The maximum atomic E-state index is 12.1. The van der Waals surface area contributed by atoms with E-state index < -0.39 is 23.9 Å². The summed E-state index contributed by atoms with van der Waals surface area (Å²) >= 11 is 2.06. The molecule has 1 unspecified atom stereocenters. The standard InChI is InChI=1S/C19H17IN2O6/c1-26-17(23)14(21-18(24)27-10-11-5-3-2-4-6-11)8-12-7-13(20)16-15(9-12)28-19(25)22-16/h2-7,9,14H,8,10H2,1H3,(H,21,24)(H,22,25). The summed E-state index contributed by atoms with van der Waals surface area (Å²) in [4.78, 5) is 38.2. The number of H-pyrrole nitrogens is 1. The van der Waals surface area contributed by atoms with Gasteiger partial charge < -0.3 is 19.2 Å². The van der Waals surface area contributed by atoms with E-state index >= 15 is 0 Å². The number of carbonyl (C=O) groups is 2. The zero-order chi connectivity index (χ0) is 20.1. The fourth-order valence-electron chi connectivity index (χ4n) is 2.66. The molecule has 146 valence electrons. The zero-order valence-corrected chi connectivity index (χ0v) is 17.0. The average molecular weight is 496 g/mol. The van der Waals surface area contributed by atoms with E-state index in [2.05, 4.69) is 32.9 Å². The van der Waals surface area contributed by atoms with Gasteiger partial charge in [0.05, 0.1) is 7.11 Å². The number of fused-ring (bicyclic) bond motifs is 1. The van der Waals surface area contributed by atoms with Gasteiger partial charge in [-0.1, -0.05) is 30.3 Å². The highest BCUT2D eigenvalue weighted by molar-refractivity contribution is 14.1. The first-order chi connectivity index (χ1) is 13.5. The number of hydrogen-bond acceptors (Lipinski definition) is 6. The van der Waals surface area contributed by atoms with E-state index in [0.29, 0.717) is 16.7 Å². The Morgan fingerprint density at radius 3 is 2.68 bits per heavy atom. The van der Waals surface area contributed by atoms with Gasteiger partial charge in [0.1, 0.15) is 18.2 Å². The molecule has 0 aliphatic carbocycles. The van der Waals surface area contributed by atoms with E-state index in [9.17, 15) is 14.4 Å². The molecule has 0 spiro atoms. The van der Waals surface area contributed by atoms with Crippen LogP contribution >= 0.6 is 22.6 Å². The first-order valence-electron chi connectivity index (χ1n) is 8.32. The summed E-state index contributed by atoms with van der Waals surface area (Å²) in [6.45, 7) is 0.0823. The molecule has 0 fully saturated rings. The lowest BCUT2D eigenvalue weighted by Gasteiger charge is -2.17. The molecular formula is C19H17IN2O6. The summed E-state index contributed by atoms with van der Waals surface area (Å²) in [5, 5.41) is 2.52. The number of carbonyl (C=O) groups excluding carboxylic acids is 2. The molecule has 0 radical (unpaired) electrons. The topological polar surface area (TPSA) is 111 Å². The molecule has 1 heterocycles. The Hall–Kier alpha value is -2.82. The van der Waals surface area contributed by atoms with Crippen molar-refractivity contribution in [3.63, 3.8) is 0 Å². The van der Waals surface area contributed by atoms with E-state index in [1.54, 1.807) is 12.1 Å². The normalized spacial score (nSPS) is 11.8. The highest BCUT2D eigenvalue weighted by Crippen LogP contribution is 2.21. The zero-order valence-electron chi connectivity index (χ0n) is 14.9. The van der Waals surface area contributed by atoms with Gasteiger partial charge in [0.15, 0.2) is 5.58 Å². The lowest BCUT2D eigenvalue weighted by atomic mass is 10.1. The SMILES string of the molecule is COC(=O)C(Cc1cc(I)c2[nH]c(=O)oc2c1)NC(=O)OCc1ccccc1. The molecule has 2 N–H and O–H groups in total. The molecule has 2 aromatic carbocycles. The number of aromatic nitrogens is 1. The first kappa shape index (κ1) is 19.9. The summed E-state index contributed by atoms with van der Waals surface area (Å²) < 4.78 is 15.8. The summed E-state index contributed by atoms with van der Waals surface area (Å²) in [5.41, 5.74) is 2.48. The average Bonchev–Trinajstić information content (AvgIpc) is 3.07. The van der Waals surface area contributed by atoms with Gasteiger partial charge in [0.2, 0.25) is 0 Å². The highest BCUT2D eigenvalue weighted by Gasteiger charge is 2.23. The summed E-state index contributed by atoms with van der Waals surface area (Å²) in [5.74, 6) is -1.17. The Bertz CT molecular complexity index is 1040. The second kappa shape index (κ2) is 8.91. The smallest absolute Gasteiger partial charge is 0.417 e. The first-order valence-corrected chi connectivity index (χ1v) is 9.40. The van der Waals surface area contributed by atoms with Crippen molar-refractivity contribution in [3.8, 4) is 0 Å². The van der Waals surface area contributed by atoms with Gasteiger partial charge in [0.25, 0.3) is 0 Å². The minimum absolute atomic E-state index is 0.0823. The van der Waals surface area contributed by atoms with Gasteiger partial charge in [0, 0.05) is 9.99 Å². The quantitative estimate of drug-likeness (QED) is 0.401. The van der Waals surface area contributed by atoms with Crippen LogP contribution in [0.4, 0.5) is 4.79 Å². The van der Waals surface area contributed by atoms with Crippen molar-refractivity contribution in [1.82, 2.24) is 10.3 Å². The van der Waals surface area contributed by atoms with Crippen LogP contribution in [0.1, 0.15) is 11.1 Å². The van der Waals surface area contributed by atoms with Gasteiger partial charge in [-0.25, -0.2) is 14.4 Å². The van der Waals surface area contributed by atoms with Crippen molar-refractivity contribution in [3.05, 3.63) is 67.7 Å². The number of alkyl carbamates (subject to hydrolysis) is 1. The molecule has 1 aromatic heterocycles. The molecule has 8 nitrogen and oxygen atoms in total. The number of esters is 1. The number of hydrogen-bond donors (Lipinski definition) is 2. The second-order valence-corrected chi connectivity index (χ2v) is 7.11. The van der Waals surface area contributed by atoms with Crippen LogP contribution < -0.4 is 11.1 Å². The van der Waals surface area contributed by atoms with Crippen LogP contribution in [0.15, 0.2) is 51.7 Å². The van der Waals surface area contributed by atoms with Crippen LogP contribution in [0.3, 0.4) is 0 Å². The predicted molar refractivity (Wildman–Crippen MR) is 109 cm³/mol. The van der Waals surface area contributed by atoms with Crippen molar-refractivity contribution in [2.24, 2.45) is 0 Å². The maximum absolute atomic E-state index is 12.1. The summed E-state index contributed by atoms with van der Waals surface area (Å²) in [6, 6.07) is 11.7. The maximum Gasteiger partial charge on any atom is 0.417 e. The number of oxazole rings is 1. The van der Waals surface area contributed by atoms with Crippen LogP contribution in [0.5, 0.6) is 0 Å². The second-order valence-electron chi connectivity index (χ2n) is 5.95. The highest BCUT2D eigenvalue weighted by atomic mass is 127. The number of amides is 1. The van der Waals surface area contributed by atoms with Crippen LogP contribution in [0.25, 0.3) is 11.1 Å². The third kappa shape index (κ3) is 4.91. The van der Waals surface area contributed by atoms with E-state index in [-0.39, 0.29) is 13.0 Å². The molecule has 1 atom stereocenters. The van der Waals surface area contributed by atoms with E-state index in [0.717, 1.165) is 9.13 Å². The van der Waals surface area contributed by atoms with Crippen LogP contribution in [-0.2, 0) is 27.3 Å². The van der Waals surface area contributed by atoms with Crippen LogP contribution in [0, 0.1) is 3.57 Å². The molecule has 3 rings (SSSR count). The molecule has 0 bridgehead atoms. The van der Waals surface area contributed by atoms with E-state index in [1.165, 1.54) is 7.11 Å². The Morgan fingerprint density at radius 2 is 1.96 bits per heavy atom. The molecule has 9 heteroatoms. The molecular weight excluding hydrogens is 479 g/mol. The van der Waals surface area contributed by atoms with E-state index in [1.807, 2.05) is 30.3 Å². The molecule has 0 aliphatic rings. The molecule has 1 amide bonds. The van der Waals surface area contributed by atoms with Crippen molar-refractivity contribution in [1.29, 1.82) is 0 Å². The number of aromatic amines is 1. The minimum atomic E-state index is -0.952. The van der Waals surface area contributed by atoms with Crippen molar-refractivity contribution >= 4 is 45.8 Å². The molecule has 28 heavy (non-hydrogen) atoms. The van der Waals surface area contributed by atoms with Crippen molar-refractivity contribution < 1.29 is 23.5 Å². The molecule has 0 saturated heterocycles. The largest absolute Gasteiger partial charge is 0.467 e. The fourth-order valence-corrected chi connectivity index (χ4v) is 3.46. The number of ether oxygens (including phenoxy) is 2. The van der Waals surface area contributed by atoms with Gasteiger partial charge >= 0.3 is 17.8 Å². The lowest BCUT2D eigenvalue weighted by Crippen LogP contribution is -2.43. The molecule has 3 aromatic rings. The molecule has 0 saturated carbocycles. The number of methoxy groups -OCH3 is 1. The van der Waals surface area contributed by atoms with Crippen molar-refractivity contribution in [2.45, 2.75) is 19.1 Å². The van der Waals surface area contributed by atoms with Gasteiger partial charge in [-0.2, -0.15) is 0 Å². The monoisotopic (exact) mass is 496 g/mol. The summed E-state index contributed by atoms with van der Waals surface area (Å²) in [7, 11) is 1.24. The Morgan fingerprint density at radius 1 is 1.21 bits per heavy atom. The molecule has 0 aliphatic heterocycles. The van der Waals surface area contributed by atoms with Gasteiger partial charge in [-0.15, -0.1) is 0 Å². The number of benzene rings is 2. The van der Waals surface area contributed by atoms with Crippen LogP contribution in [0.2, 0.25) is 0 Å². The van der Waals surface area contributed by atoms with Gasteiger partial charge in [-0.05, 0) is 45.9 Å².